The van der Waals surface area contributed by atoms with Crippen molar-refractivity contribution in [3.05, 3.63) is 16.8 Å². The second-order valence-electron chi connectivity index (χ2n) is 4.24. The van der Waals surface area contributed by atoms with Gasteiger partial charge in [0.1, 0.15) is 24.6 Å². The average molecular weight is 324 g/mol. The van der Waals surface area contributed by atoms with Crippen LogP contribution in [0.5, 0.6) is 0 Å². The molecule has 0 aromatic carbocycles. The van der Waals surface area contributed by atoms with Crippen molar-refractivity contribution in [3.63, 3.8) is 0 Å². The standard InChI is InChI=1S/C8H13N4O8P/c9-7-10-2-12(8(15)11-7)6-5(14)4(13)3(20-6)1-19-21(16,17)18/h2-6,13-14H,1H2,(H2,9,11,15)(H2,16,17,18)/t3-,4-,5-,6-/m1/s1. The van der Waals surface area contributed by atoms with Crippen LogP contribution in [0.2, 0.25) is 0 Å². The third-order valence-electron chi connectivity index (χ3n) is 2.76. The summed E-state index contributed by atoms with van der Waals surface area (Å²) in [6.07, 6.45) is -4.68. The zero-order valence-corrected chi connectivity index (χ0v) is 11.3. The summed E-state index contributed by atoms with van der Waals surface area (Å²) in [6, 6.07) is 0. The van der Waals surface area contributed by atoms with Gasteiger partial charge in [-0.2, -0.15) is 4.98 Å². The first-order chi connectivity index (χ1) is 9.69. The summed E-state index contributed by atoms with van der Waals surface area (Å²) in [5.41, 5.74) is 4.35. The number of rotatable bonds is 4. The van der Waals surface area contributed by atoms with Gasteiger partial charge in [-0.3, -0.25) is 9.09 Å². The Bertz CT molecular complexity index is 617. The lowest BCUT2D eigenvalue weighted by Gasteiger charge is -2.16. The van der Waals surface area contributed by atoms with E-state index in [0.29, 0.717) is 0 Å². The molecule has 21 heavy (non-hydrogen) atoms. The Hall–Kier alpha value is -1.40. The highest BCUT2D eigenvalue weighted by Gasteiger charge is 2.45. The predicted molar refractivity (Wildman–Crippen MR) is 64.6 cm³/mol. The molecule has 1 saturated heterocycles. The van der Waals surface area contributed by atoms with Gasteiger partial charge in [0.25, 0.3) is 0 Å². The molecule has 0 radical (unpaired) electrons. The fourth-order valence-electron chi connectivity index (χ4n) is 1.80. The highest BCUT2D eigenvalue weighted by molar-refractivity contribution is 7.46. The van der Waals surface area contributed by atoms with Crippen molar-refractivity contribution in [2.75, 3.05) is 12.3 Å². The van der Waals surface area contributed by atoms with E-state index in [1.165, 1.54) is 0 Å². The zero-order valence-electron chi connectivity index (χ0n) is 10.4. The van der Waals surface area contributed by atoms with E-state index in [-0.39, 0.29) is 5.95 Å². The van der Waals surface area contributed by atoms with E-state index in [9.17, 15) is 19.6 Å². The van der Waals surface area contributed by atoms with Gasteiger partial charge in [-0.15, -0.1) is 0 Å². The largest absolute Gasteiger partial charge is 0.469 e. The monoisotopic (exact) mass is 324 g/mol. The summed E-state index contributed by atoms with van der Waals surface area (Å²) in [4.78, 5) is 35.7. The number of phosphoric ester groups is 1. The Balaban J connectivity index is 2.16. The van der Waals surface area contributed by atoms with E-state index >= 15 is 0 Å². The molecule has 1 aliphatic rings. The zero-order chi connectivity index (χ0) is 15.8. The fourth-order valence-corrected chi connectivity index (χ4v) is 2.14. The van der Waals surface area contributed by atoms with Gasteiger partial charge < -0.3 is 30.5 Å². The van der Waals surface area contributed by atoms with Crippen molar-refractivity contribution in [2.45, 2.75) is 24.5 Å². The third-order valence-corrected chi connectivity index (χ3v) is 3.25. The number of aliphatic hydroxyl groups excluding tert-OH is 2. The normalized spacial score (nSPS) is 29.7. The molecule has 0 spiro atoms. The molecule has 1 aromatic rings. The lowest BCUT2D eigenvalue weighted by Crippen LogP contribution is -2.36. The Kier molecular flexibility index (Phi) is 4.39. The van der Waals surface area contributed by atoms with Gasteiger partial charge in [0, 0.05) is 0 Å². The number of phosphoric acid groups is 1. The van der Waals surface area contributed by atoms with Crippen molar-refractivity contribution < 1.29 is 33.8 Å². The fraction of sp³-hybridized carbons (Fsp3) is 0.625. The quantitative estimate of drug-likeness (QED) is 0.353. The number of hydrogen-bond acceptors (Lipinski definition) is 9. The summed E-state index contributed by atoms with van der Waals surface area (Å²) in [6.45, 7) is -0.677. The molecular weight excluding hydrogens is 311 g/mol. The summed E-state index contributed by atoms with van der Waals surface area (Å²) in [5, 5.41) is 19.6. The van der Waals surface area contributed by atoms with E-state index in [4.69, 9.17) is 20.3 Å². The molecule has 2 rings (SSSR count). The number of nitrogens with zero attached hydrogens (tertiary/aromatic N) is 3. The first-order valence-electron chi connectivity index (χ1n) is 5.61. The van der Waals surface area contributed by atoms with E-state index in [2.05, 4.69) is 14.5 Å². The molecule has 4 atom stereocenters. The number of anilines is 1. The van der Waals surface area contributed by atoms with Crippen molar-refractivity contribution in [1.29, 1.82) is 0 Å². The smallest absolute Gasteiger partial charge is 0.387 e. The number of aromatic nitrogens is 3. The highest BCUT2D eigenvalue weighted by atomic mass is 31.2. The summed E-state index contributed by atoms with van der Waals surface area (Å²) < 4.78 is 20.8. The van der Waals surface area contributed by atoms with Crippen LogP contribution >= 0.6 is 7.82 Å². The van der Waals surface area contributed by atoms with Crippen LogP contribution in [-0.4, -0.2) is 59.5 Å². The summed E-state index contributed by atoms with van der Waals surface area (Å²) in [5.74, 6) is -0.273. The Morgan fingerprint density at radius 3 is 2.67 bits per heavy atom. The molecule has 0 amide bonds. The number of aliphatic hydroxyl groups is 2. The molecule has 2 heterocycles. The molecule has 0 bridgehead atoms. The second-order valence-corrected chi connectivity index (χ2v) is 5.48. The first-order valence-corrected chi connectivity index (χ1v) is 7.14. The maximum absolute atomic E-state index is 11.6. The van der Waals surface area contributed by atoms with Crippen LogP contribution in [0.1, 0.15) is 6.23 Å². The van der Waals surface area contributed by atoms with Crippen LogP contribution in [0, 0.1) is 0 Å². The van der Waals surface area contributed by atoms with Crippen LogP contribution in [0.15, 0.2) is 11.1 Å². The van der Waals surface area contributed by atoms with Gasteiger partial charge in [0.05, 0.1) is 6.61 Å². The minimum absolute atomic E-state index is 0.273. The van der Waals surface area contributed by atoms with Gasteiger partial charge in [0.2, 0.25) is 5.95 Å². The molecule has 1 aliphatic heterocycles. The SMILES string of the molecule is Nc1ncn([C@@H]2O[C@H](COP(=O)(O)O)[C@@H](O)[C@H]2O)c(=O)n1. The highest BCUT2D eigenvalue weighted by Crippen LogP contribution is 2.38. The Labute approximate surface area is 117 Å². The number of nitrogens with two attached hydrogens (primary N) is 1. The van der Waals surface area contributed by atoms with E-state index in [1.54, 1.807) is 0 Å². The van der Waals surface area contributed by atoms with E-state index in [0.717, 1.165) is 10.9 Å². The van der Waals surface area contributed by atoms with Gasteiger partial charge in [-0.25, -0.2) is 14.3 Å². The molecule has 1 fully saturated rings. The Morgan fingerprint density at radius 1 is 1.43 bits per heavy atom. The number of hydrogen-bond donors (Lipinski definition) is 5. The van der Waals surface area contributed by atoms with Gasteiger partial charge in [-0.05, 0) is 0 Å². The van der Waals surface area contributed by atoms with E-state index < -0.39 is 44.7 Å². The second kappa shape index (κ2) is 5.77. The van der Waals surface area contributed by atoms with Crippen molar-refractivity contribution in [2.24, 2.45) is 0 Å². The van der Waals surface area contributed by atoms with Crippen molar-refractivity contribution >= 4 is 13.8 Å². The molecule has 0 unspecified atom stereocenters. The average Bonchev–Trinajstić information content (AvgIpc) is 2.64. The molecule has 118 valence electrons. The minimum Gasteiger partial charge on any atom is -0.387 e. The van der Waals surface area contributed by atoms with Crippen LogP contribution in [0.4, 0.5) is 5.95 Å². The number of ether oxygens (including phenoxy) is 1. The van der Waals surface area contributed by atoms with E-state index in [1.807, 2.05) is 0 Å². The van der Waals surface area contributed by atoms with Crippen molar-refractivity contribution in [3.8, 4) is 0 Å². The molecule has 12 nitrogen and oxygen atoms in total. The maximum Gasteiger partial charge on any atom is 0.469 e. The number of nitrogen functional groups attached to an aromatic ring is 1. The lowest BCUT2D eigenvalue weighted by atomic mass is 10.1. The van der Waals surface area contributed by atoms with Crippen LogP contribution < -0.4 is 11.4 Å². The molecule has 1 aromatic heterocycles. The van der Waals surface area contributed by atoms with Gasteiger partial charge in [-0.1, -0.05) is 0 Å². The Morgan fingerprint density at radius 2 is 2.10 bits per heavy atom. The maximum atomic E-state index is 11.6. The van der Waals surface area contributed by atoms with Crippen molar-refractivity contribution in [1.82, 2.24) is 14.5 Å². The van der Waals surface area contributed by atoms with Crippen LogP contribution in [0.25, 0.3) is 0 Å². The predicted octanol–water partition coefficient (Wildman–Crippen LogP) is -3.05. The lowest BCUT2D eigenvalue weighted by molar-refractivity contribution is -0.0547. The minimum atomic E-state index is -4.75. The molecular formula is C8H13N4O8P. The van der Waals surface area contributed by atoms with Crippen LogP contribution in [-0.2, 0) is 13.8 Å². The molecule has 13 heteroatoms. The van der Waals surface area contributed by atoms with Gasteiger partial charge >= 0.3 is 13.5 Å². The summed E-state index contributed by atoms with van der Waals surface area (Å²) >= 11 is 0. The molecule has 0 saturated carbocycles. The summed E-state index contributed by atoms with van der Waals surface area (Å²) in [7, 11) is -4.75. The first kappa shape index (κ1) is 16.0. The third kappa shape index (κ3) is 3.63. The molecule has 6 N–H and O–H groups in total. The van der Waals surface area contributed by atoms with Gasteiger partial charge in [0.15, 0.2) is 6.23 Å². The molecule has 0 aliphatic carbocycles. The topological polar surface area (TPSA) is 190 Å². The van der Waals surface area contributed by atoms with Crippen LogP contribution in [0.3, 0.4) is 0 Å².